The number of nitrogens with zero attached hydrogens (tertiary/aromatic N) is 2. The van der Waals surface area contributed by atoms with Gasteiger partial charge >= 0.3 is 6.03 Å². The molecule has 3 aromatic carbocycles. The molecule has 0 spiro atoms. The normalized spacial score (nSPS) is 12.5. The highest BCUT2D eigenvalue weighted by atomic mass is 16.2. The maximum atomic E-state index is 12.5. The lowest BCUT2D eigenvalue weighted by molar-refractivity contribution is -0.120. The van der Waals surface area contributed by atoms with Gasteiger partial charge in [-0.25, -0.2) is 10.2 Å². The largest absolute Gasteiger partial charge is 0.329 e. The van der Waals surface area contributed by atoms with Gasteiger partial charge in [0, 0.05) is 24.2 Å². The summed E-state index contributed by atoms with van der Waals surface area (Å²) < 4.78 is 0. The molecular weight excluding hydrogens is 388 g/mol. The molecule has 0 bridgehead atoms. The second-order valence-corrected chi connectivity index (χ2v) is 7.33. The van der Waals surface area contributed by atoms with Crippen molar-refractivity contribution in [3.05, 3.63) is 107 Å². The van der Waals surface area contributed by atoms with Crippen LogP contribution in [0.4, 0.5) is 4.79 Å². The first-order chi connectivity index (χ1) is 15.2. The number of amides is 3. The number of nitrogens with one attached hydrogen (secondary N) is 2. The predicted molar refractivity (Wildman–Crippen MR) is 121 cm³/mol. The van der Waals surface area contributed by atoms with Crippen LogP contribution in [0.15, 0.2) is 90.0 Å². The number of rotatable bonds is 5. The van der Waals surface area contributed by atoms with E-state index in [9.17, 15) is 9.59 Å². The van der Waals surface area contributed by atoms with Crippen molar-refractivity contribution in [2.45, 2.75) is 13.0 Å². The molecule has 0 aliphatic carbocycles. The van der Waals surface area contributed by atoms with Crippen molar-refractivity contribution >= 4 is 17.6 Å². The number of fused-ring (bicyclic) bond motifs is 1. The van der Waals surface area contributed by atoms with Gasteiger partial charge < -0.3 is 10.2 Å². The second kappa shape index (κ2) is 9.71. The zero-order chi connectivity index (χ0) is 21.5. The van der Waals surface area contributed by atoms with E-state index in [2.05, 4.69) is 21.9 Å². The summed E-state index contributed by atoms with van der Waals surface area (Å²) >= 11 is 0. The molecule has 3 amide bonds. The molecule has 3 aromatic rings. The maximum Gasteiger partial charge on any atom is 0.318 e. The van der Waals surface area contributed by atoms with Crippen LogP contribution in [0.3, 0.4) is 0 Å². The SMILES string of the molecule is O=C(CNC(=O)N1CCc2ccccc2C1)NN=C(c1ccccc1)c1ccccc1. The number of hydrogen-bond acceptors (Lipinski definition) is 3. The Bertz CT molecular complexity index is 1040. The molecule has 0 saturated heterocycles. The average molecular weight is 412 g/mol. The van der Waals surface area contributed by atoms with E-state index in [-0.39, 0.29) is 18.5 Å². The van der Waals surface area contributed by atoms with Gasteiger partial charge in [-0.15, -0.1) is 0 Å². The summed E-state index contributed by atoms with van der Waals surface area (Å²) in [6.07, 6.45) is 0.817. The van der Waals surface area contributed by atoms with Crippen LogP contribution in [0.5, 0.6) is 0 Å². The van der Waals surface area contributed by atoms with Gasteiger partial charge in [-0.05, 0) is 17.5 Å². The van der Waals surface area contributed by atoms with Crippen molar-refractivity contribution in [3.63, 3.8) is 0 Å². The van der Waals surface area contributed by atoms with E-state index in [0.717, 1.165) is 23.1 Å². The zero-order valence-corrected chi connectivity index (χ0v) is 17.1. The summed E-state index contributed by atoms with van der Waals surface area (Å²) in [6, 6.07) is 27.2. The fraction of sp³-hybridized carbons (Fsp3) is 0.160. The number of carbonyl (C=O) groups excluding carboxylic acids is 2. The third kappa shape index (κ3) is 5.17. The standard InChI is InChI=1S/C25H24N4O2/c30-23(17-26-25(31)29-16-15-19-9-7-8-14-22(19)18-29)27-28-24(20-10-3-1-4-11-20)21-12-5-2-6-13-21/h1-14H,15-18H2,(H,26,31)(H,27,30). The first kappa shape index (κ1) is 20.3. The van der Waals surface area contributed by atoms with E-state index in [1.165, 1.54) is 5.56 Å². The van der Waals surface area contributed by atoms with E-state index in [4.69, 9.17) is 0 Å². The van der Waals surface area contributed by atoms with Crippen LogP contribution in [0, 0.1) is 0 Å². The molecule has 4 rings (SSSR count). The number of carbonyl (C=O) groups is 2. The summed E-state index contributed by atoms with van der Waals surface area (Å²) in [7, 11) is 0. The van der Waals surface area contributed by atoms with Crippen molar-refractivity contribution in [3.8, 4) is 0 Å². The summed E-state index contributed by atoms with van der Waals surface area (Å²) in [5, 5.41) is 7.03. The van der Waals surface area contributed by atoms with E-state index < -0.39 is 0 Å². The molecular formula is C25H24N4O2. The Labute approximate surface area is 181 Å². The van der Waals surface area contributed by atoms with Gasteiger partial charge in [0.15, 0.2) is 0 Å². The Hall–Kier alpha value is -3.93. The van der Waals surface area contributed by atoms with E-state index in [1.807, 2.05) is 78.9 Å². The van der Waals surface area contributed by atoms with Crippen LogP contribution >= 0.6 is 0 Å². The highest BCUT2D eigenvalue weighted by molar-refractivity contribution is 6.13. The molecule has 0 radical (unpaired) electrons. The molecule has 1 aliphatic heterocycles. The van der Waals surface area contributed by atoms with Gasteiger partial charge in [0.25, 0.3) is 5.91 Å². The Morgan fingerprint density at radius 3 is 2.03 bits per heavy atom. The zero-order valence-electron chi connectivity index (χ0n) is 17.1. The van der Waals surface area contributed by atoms with E-state index in [1.54, 1.807) is 4.90 Å². The van der Waals surface area contributed by atoms with Gasteiger partial charge in [0.1, 0.15) is 6.54 Å². The average Bonchev–Trinajstić information content (AvgIpc) is 2.83. The van der Waals surface area contributed by atoms with Crippen molar-refractivity contribution < 1.29 is 9.59 Å². The molecule has 2 N–H and O–H groups in total. The molecule has 0 atom stereocenters. The molecule has 0 aromatic heterocycles. The first-order valence-electron chi connectivity index (χ1n) is 10.3. The summed E-state index contributed by atoms with van der Waals surface area (Å²) in [6.45, 7) is 1.04. The van der Waals surface area contributed by atoms with Crippen molar-refractivity contribution in [1.82, 2.24) is 15.6 Å². The second-order valence-electron chi connectivity index (χ2n) is 7.33. The quantitative estimate of drug-likeness (QED) is 0.498. The van der Waals surface area contributed by atoms with Crippen molar-refractivity contribution in [2.75, 3.05) is 13.1 Å². The van der Waals surface area contributed by atoms with Gasteiger partial charge in [0.2, 0.25) is 0 Å². The van der Waals surface area contributed by atoms with E-state index >= 15 is 0 Å². The minimum absolute atomic E-state index is 0.142. The van der Waals surface area contributed by atoms with Gasteiger partial charge in [-0.3, -0.25) is 4.79 Å². The lowest BCUT2D eigenvalue weighted by atomic mass is 10.0. The maximum absolute atomic E-state index is 12.5. The van der Waals surface area contributed by atoms with Crippen LogP contribution in [-0.2, 0) is 17.8 Å². The molecule has 1 aliphatic rings. The fourth-order valence-corrected chi connectivity index (χ4v) is 3.58. The topological polar surface area (TPSA) is 73.8 Å². The van der Waals surface area contributed by atoms with Crippen LogP contribution in [-0.4, -0.2) is 35.6 Å². The molecule has 0 fully saturated rings. The highest BCUT2D eigenvalue weighted by Crippen LogP contribution is 2.18. The predicted octanol–water partition coefficient (Wildman–Crippen LogP) is 3.32. The van der Waals surface area contributed by atoms with Gasteiger partial charge in [-0.2, -0.15) is 5.10 Å². The third-order valence-electron chi connectivity index (χ3n) is 5.20. The lowest BCUT2D eigenvalue weighted by Crippen LogP contribution is -2.45. The molecule has 0 saturated carbocycles. The molecule has 6 heteroatoms. The number of urea groups is 1. The molecule has 6 nitrogen and oxygen atoms in total. The van der Waals surface area contributed by atoms with Crippen LogP contribution < -0.4 is 10.7 Å². The summed E-state index contributed by atoms with van der Waals surface area (Å²) in [5.41, 5.74) is 7.44. The number of hydrogen-bond donors (Lipinski definition) is 2. The van der Waals surface area contributed by atoms with Crippen LogP contribution in [0.2, 0.25) is 0 Å². The first-order valence-corrected chi connectivity index (χ1v) is 10.3. The minimum atomic E-state index is -0.380. The van der Waals surface area contributed by atoms with E-state index in [0.29, 0.717) is 18.8 Å². The van der Waals surface area contributed by atoms with Gasteiger partial charge in [0.05, 0.1) is 5.71 Å². The Morgan fingerprint density at radius 2 is 1.39 bits per heavy atom. The molecule has 31 heavy (non-hydrogen) atoms. The summed E-state index contributed by atoms with van der Waals surface area (Å²) in [5.74, 6) is -0.380. The summed E-state index contributed by atoms with van der Waals surface area (Å²) in [4.78, 5) is 26.6. The van der Waals surface area contributed by atoms with Crippen molar-refractivity contribution in [2.24, 2.45) is 5.10 Å². The van der Waals surface area contributed by atoms with Crippen LogP contribution in [0.25, 0.3) is 0 Å². The van der Waals surface area contributed by atoms with Crippen LogP contribution in [0.1, 0.15) is 22.3 Å². The Kier molecular flexibility index (Phi) is 6.38. The monoisotopic (exact) mass is 412 g/mol. The number of hydrazone groups is 1. The Balaban J connectivity index is 1.36. The van der Waals surface area contributed by atoms with Gasteiger partial charge in [-0.1, -0.05) is 84.9 Å². The molecule has 1 heterocycles. The lowest BCUT2D eigenvalue weighted by Gasteiger charge is -2.28. The van der Waals surface area contributed by atoms with Crippen molar-refractivity contribution in [1.29, 1.82) is 0 Å². The third-order valence-corrected chi connectivity index (χ3v) is 5.20. The Morgan fingerprint density at radius 1 is 0.806 bits per heavy atom. The number of benzene rings is 3. The molecule has 156 valence electrons. The molecule has 0 unspecified atom stereocenters. The smallest absolute Gasteiger partial charge is 0.318 e. The highest BCUT2D eigenvalue weighted by Gasteiger charge is 2.20. The minimum Gasteiger partial charge on any atom is -0.329 e. The fourth-order valence-electron chi connectivity index (χ4n) is 3.58.